The second-order valence-corrected chi connectivity index (χ2v) is 10.3. The number of β-lactam (4-membered cyclic amide) rings is 1. The minimum Gasteiger partial charge on any atom is -0.477 e. The molecule has 0 saturated carbocycles. The zero-order valence-corrected chi connectivity index (χ0v) is 19.0. The molecule has 172 valence electrons. The summed E-state index contributed by atoms with van der Waals surface area (Å²) < 4.78 is 0. The first-order valence-corrected chi connectivity index (χ1v) is 11.8. The molecular formula is C19H23N5O6S2. The van der Waals surface area contributed by atoms with Crippen molar-refractivity contribution in [2.24, 2.45) is 17.6 Å². The molecule has 0 aromatic carbocycles. The lowest BCUT2D eigenvalue weighted by atomic mass is 9.79. The zero-order valence-electron chi connectivity index (χ0n) is 17.3. The van der Waals surface area contributed by atoms with Gasteiger partial charge in [0.2, 0.25) is 11.8 Å². The fraction of sp³-hybridized carbons (Fsp3) is 0.526. The SMILES string of the molecule is C[C@@H](O)[C@H]1C(=O)N2C(C(=O)O)=C(SC3CN(c4nc(C(=O)NCC(N)=O)cs4)C3)[C@H](C)[C@H]12. The lowest BCUT2D eigenvalue weighted by molar-refractivity contribution is -0.163. The molecule has 13 heteroatoms. The van der Waals surface area contributed by atoms with E-state index in [1.807, 2.05) is 11.8 Å². The van der Waals surface area contributed by atoms with E-state index in [1.165, 1.54) is 28.0 Å². The molecule has 32 heavy (non-hydrogen) atoms. The van der Waals surface area contributed by atoms with E-state index < -0.39 is 29.8 Å². The highest BCUT2D eigenvalue weighted by Crippen LogP contribution is 2.52. The van der Waals surface area contributed by atoms with Crippen molar-refractivity contribution in [1.29, 1.82) is 0 Å². The number of hydrogen-bond acceptors (Lipinski definition) is 9. The van der Waals surface area contributed by atoms with Gasteiger partial charge in [-0.25, -0.2) is 9.78 Å². The zero-order chi connectivity index (χ0) is 23.3. The number of aliphatic carboxylic acids is 1. The lowest BCUT2D eigenvalue weighted by Crippen LogP contribution is -2.63. The Hall–Kier alpha value is -2.64. The summed E-state index contributed by atoms with van der Waals surface area (Å²) in [5, 5.41) is 24.4. The summed E-state index contributed by atoms with van der Waals surface area (Å²) in [5.74, 6) is -3.34. The number of thiazole rings is 1. The number of carbonyl (C=O) groups excluding carboxylic acids is 3. The number of amides is 3. The van der Waals surface area contributed by atoms with Crippen LogP contribution in [0.1, 0.15) is 24.3 Å². The molecule has 0 radical (unpaired) electrons. The van der Waals surface area contributed by atoms with Crippen LogP contribution in [0.2, 0.25) is 0 Å². The molecule has 4 rings (SSSR count). The molecular weight excluding hydrogens is 458 g/mol. The largest absolute Gasteiger partial charge is 0.477 e. The van der Waals surface area contributed by atoms with Gasteiger partial charge in [-0.2, -0.15) is 0 Å². The third-order valence-electron chi connectivity index (χ3n) is 5.87. The van der Waals surface area contributed by atoms with Crippen LogP contribution in [0.3, 0.4) is 0 Å². The summed E-state index contributed by atoms with van der Waals surface area (Å²) in [4.78, 5) is 55.3. The molecule has 3 amide bonds. The van der Waals surface area contributed by atoms with Crippen molar-refractivity contribution < 1.29 is 29.4 Å². The quantitative estimate of drug-likeness (QED) is 0.356. The maximum atomic E-state index is 12.4. The van der Waals surface area contributed by atoms with Crippen molar-refractivity contribution in [2.45, 2.75) is 31.2 Å². The first-order valence-electron chi connectivity index (χ1n) is 10.0. The van der Waals surface area contributed by atoms with Crippen molar-refractivity contribution in [3.05, 3.63) is 21.7 Å². The van der Waals surface area contributed by atoms with E-state index in [1.54, 1.807) is 12.3 Å². The first-order chi connectivity index (χ1) is 15.1. The number of aliphatic hydroxyl groups excluding tert-OH is 1. The molecule has 0 spiro atoms. The van der Waals surface area contributed by atoms with Crippen LogP contribution in [0.15, 0.2) is 16.0 Å². The predicted molar refractivity (Wildman–Crippen MR) is 117 cm³/mol. The Kier molecular flexibility index (Phi) is 5.90. The van der Waals surface area contributed by atoms with E-state index in [9.17, 15) is 29.4 Å². The highest BCUT2D eigenvalue weighted by atomic mass is 32.2. The van der Waals surface area contributed by atoms with E-state index in [2.05, 4.69) is 10.3 Å². The molecule has 2 saturated heterocycles. The average molecular weight is 482 g/mol. The number of carboxylic acids is 1. The Morgan fingerprint density at radius 2 is 2.09 bits per heavy atom. The molecule has 3 aliphatic heterocycles. The van der Waals surface area contributed by atoms with Crippen molar-refractivity contribution in [1.82, 2.24) is 15.2 Å². The summed E-state index contributed by atoms with van der Waals surface area (Å²) in [6.45, 7) is 4.42. The monoisotopic (exact) mass is 481 g/mol. The van der Waals surface area contributed by atoms with Gasteiger partial charge in [0.05, 0.1) is 24.6 Å². The van der Waals surface area contributed by atoms with Crippen LogP contribution in [-0.4, -0.2) is 80.8 Å². The van der Waals surface area contributed by atoms with Gasteiger partial charge >= 0.3 is 5.97 Å². The number of thioether (sulfide) groups is 1. The van der Waals surface area contributed by atoms with Gasteiger partial charge < -0.3 is 31.1 Å². The summed E-state index contributed by atoms with van der Waals surface area (Å²) in [7, 11) is 0. The molecule has 1 aromatic rings. The molecule has 1 aromatic heterocycles. The molecule has 11 nitrogen and oxygen atoms in total. The Bertz CT molecular complexity index is 1020. The van der Waals surface area contributed by atoms with Gasteiger partial charge in [-0.05, 0) is 6.92 Å². The first kappa shape index (κ1) is 22.6. The van der Waals surface area contributed by atoms with E-state index in [4.69, 9.17) is 5.73 Å². The Morgan fingerprint density at radius 1 is 1.41 bits per heavy atom. The van der Waals surface area contributed by atoms with Crippen LogP contribution in [-0.2, 0) is 14.4 Å². The van der Waals surface area contributed by atoms with E-state index >= 15 is 0 Å². The second-order valence-electron chi connectivity index (χ2n) is 8.08. The van der Waals surface area contributed by atoms with Gasteiger partial charge in [0.1, 0.15) is 11.4 Å². The van der Waals surface area contributed by atoms with E-state index in [-0.39, 0.29) is 41.1 Å². The van der Waals surface area contributed by atoms with Gasteiger partial charge in [-0.1, -0.05) is 6.92 Å². The number of fused-ring (bicyclic) bond motifs is 1. The third-order valence-corrected chi connectivity index (χ3v) is 8.22. The minimum absolute atomic E-state index is 0.0236. The molecule has 0 bridgehead atoms. The smallest absolute Gasteiger partial charge is 0.353 e. The number of primary amides is 1. The fourth-order valence-corrected chi connectivity index (χ4v) is 6.64. The Morgan fingerprint density at radius 3 is 2.69 bits per heavy atom. The van der Waals surface area contributed by atoms with Gasteiger partial charge in [-0.3, -0.25) is 14.4 Å². The predicted octanol–water partition coefficient (Wildman–Crippen LogP) is -0.566. The molecule has 3 aliphatic rings. The van der Waals surface area contributed by atoms with Crippen LogP contribution >= 0.6 is 23.1 Å². The Labute approximate surface area is 191 Å². The standard InChI is InChI=1S/C19H23N5O6S2/c1-7-13-12(8(2)25)17(28)24(13)14(18(29)30)15(7)32-9-4-23(5-9)19-22-10(6-31-19)16(27)21-3-11(20)26/h6-9,12-13,25H,3-5H2,1-2H3,(H2,20,26)(H,21,27)(H,29,30)/t7-,8-,12-,13-/m1/s1. The molecule has 4 heterocycles. The molecule has 5 N–H and O–H groups in total. The summed E-state index contributed by atoms with van der Waals surface area (Å²) in [6.07, 6.45) is -0.830. The van der Waals surface area contributed by atoms with Crippen molar-refractivity contribution in [3.8, 4) is 0 Å². The maximum absolute atomic E-state index is 12.4. The molecule has 0 aliphatic carbocycles. The minimum atomic E-state index is -1.14. The van der Waals surface area contributed by atoms with Crippen LogP contribution in [0, 0.1) is 11.8 Å². The Balaban J connectivity index is 1.39. The van der Waals surface area contributed by atoms with E-state index in [0.717, 1.165) is 0 Å². The lowest BCUT2D eigenvalue weighted by Gasteiger charge is -2.46. The number of rotatable bonds is 8. The van der Waals surface area contributed by atoms with Crippen molar-refractivity contribution in [3.63, 3.8) is 0 Å². The van der Waals surface area contributed by atoms with Gasteiger partial charge in [0, 0.05) is 34.5 Å². The number of nitrogens with two attached hydrogens (primary N) is 1. The number of anilines is 1. The van der Waals surface area contributed by atoms with Gasteiger partial charge in [-0.15, -0.1) is 23.1 Å². The highest BCUT2D eigenvalue weighted by Gasteiger charge is 2.60. The van der Waals surface area contributed by atoms with Gasteiger partial charge in [0.15, 0.2) is 5.13 Å². The van der Waals surface area contributed by atoms with Crippen molar-refractivity contribution in [2.75, 3.05) is 24.5 Å². The van der Waals surface area contributed by atoms with E-state index in [0.29, 0.717) is 23.1 Å². The number of nitrogens with zero attached hydrogens (tertiary/aromatic N) is 3. The number of aliphatic hydroxyl groups is 1. The average Bonchev–Trinajstić information content (AvgIpc) is 3.24. The molecule has 4 atom stereocenters. The second kappa shape index (κ2) is 8.37. The van der Waals surface area contributed by atoms with Gasteiger partial charge in [0.25, 0.3) is 5.91 Å². The number of nitrogens with one attached hydrogen (secondary N) is 1. The summed E-state index contributed by atoms with van der Waals surface area (Å²) in [5.41, 5.74) is 5.24. The van der Waals surface area contributed by atoms with Crippen LogP contribution in [0.4, 0.5) is 5.13 Å². The molecule has 2 fully saturated rings. The number of aromatic nitrogens is 1. The number of carboxylic acid groups (broad SMARTS) is 1. The maximum Gasteiger partial charge on any atom is 0.353 e. The number of hydrogen-bond donors (Lipinski definition) is 4. The topological polar surface area (TPSA) is 166 Å². The number of carbonyl (C=O) groups is 4. The van der Waals surface area contributed by atoms with Crippen LogP contribution in [0.25, 0.3) is 0 Å². The highest BCUT2D eigenvalue weighted by molar-refractivity contribution is 8.03. The van der Waals surface area contributed by atoms with Crippen LogP contribution < -0.4 is 16.0 Å². The summed E-state index contributed by atoms with van der Waals surface area (Å²) in [6, 6.07) is -0.326. The van der Waals surface area contributed by atoms with Crippen molar-refractivity contribution >= 4 is 51.9 Å². The normalized spacial score (nSPS) is 25.8. The fourth-order valence-electron chi connectivity index (χ4n) is 4.30. The van der Waals surface area contributed by atoms with Crippen LogP contribution in [0.5, 0.6) is 0 Å². The summed E-state index contributed by atoms with van der Waals surface area (Å²) >= 11 is 2.76. The third kappa shape index (κ3) is 3.73. The molecule has 0 unspecified atom stereocenters.